The molecule has 0 aromatic heterocycles. The summed E-state index contributed by atoms with van der Waals surface area (Å²) in [6.45, 7) is 7.90. The lowest BCUT2D eigenvalue weighted by Crippen LogP contribution is -2.17. The van der Waals surface area contributed by atoms with Gasteiger partial charge in [0, 0.05) is 15.1 Å². The SMILES string of the molecule is CCc1c(COc2ccc(Cl)cc2)c(CC)c(COc2ccc(Cl)cc2)c(CC)c1COc1ccc(Cl)cc1. The van der Waals surface area contributed by atoms with Gasteiger partial charge < -0.3 is 14.2 Å². The maximum absolute atomic E-state index is 6.30. The zero-order chi connectivity index (χ0) is 27.8. The molecule has 0 aliphatic rings. The molecule has 3 nitrogen and oxygen atoms in total. The van der Waals surface area contributed by atoms with E-state index in [0.29, 0.717) is 34.9 Å². The molecule has 0 amide bonds. The Kier molecular flexibility index (Phi) is 10.4. The van der Waals surface area contributed by atoms with Crippen LogP contribution in [0.15, 0.2) is 72.8 Å². The molecular weight excluding hydrogens is 551 g/mol. The third kappa shape index (κ3) is 7.42. The largest absolute Gasteiger partial charge is 0.489 e. The van der Waals surface area contributed by atoms with Crippen LogP contribution in [0.1, 0.15) is 54.2 Å². The molecule has 0 atom stereocenters. The summed E-state index contributed by atoms with van der Waals surface area (Å²) in [7, 11) is 0. The van der Waals surface area contributed by atoms with E-state index in [1.54, 1.807) is 0 Å². The van der Waals surface area contributed by atoms with Gasteiger partial charge in [-0.25, -0.2) is 0 Å². The van der Waals surface area contributed by atoms with Gasteiger partial charge in [0.05, 0.1) is 0 Å². The first-order chi connectivity index (χ1) is 18.9. The molecule has 0 saturated heterocycles. The van der Waals surface area contributed by atoms with E-state index < -0.39 is 0 Å². The van der Waals surface area contributed by atoms with Gasteiger partial charge >= 0.3 is 0 Å². The second kappa shape index (κ2) is 14.0. The second-order valence-electron chi connectivity index (χ2n) is 9.16. The smallest absolute Gasteiger partial charge is 0.119 e. The van der Waals surface area contributed by atoms with Crippen LogP contribution in [0.4, 0.5) is 0 Å². The van der Waals surface area contributed by atoms with Crippen molar-refractivity contribution in [2.75, 3.05) is 0 Å². The van der Waals surface area contributed by atoms with E-state index in [1.165, 1.54) is 33.4 Å². The third-order valence-corrected chi connectivity index (χ3v) is 7.59. The van der Waals surface area contributed by atoms with Crippen molar-refractivity contribution in [3.63, 3.8) is 0 Å². The Bertz CT molecular complexity index is 1170. The number of benzene rings is 4. The molecule has 4 rings (SSSR count). The third-order valence-electron chi connectivity index (χ3n) is 6.84. The standard InChI is InChI=1S/C33H33Cl3O3/c1-4-28-31(19-37-25-13-7-22(34)8-14-25)29(5-2)33(21-39-27-17-11-24(36)12-18-27)30(6-3)32(28)20-38-26-15-9-23(35)10-16-26/h7-18H,4-6,19-21H2,1-3H3. The highest BCUT2D eigenvalue weighted by Crippen LogP contribution is 2.34. The molecule has 0 N–H and O–H groups in total. The first kappa shape index (κ1) is 29.1. The molecule has 0 saturated carbocycles. The molecule has 4 aromatic carbocycles. The molecule has 6 heteroatoms. The first-order valence-electron chi connectivity index (χ1n) is 13.3. The summed E-state index contributed by atoms with van der Waals surface area (Å²) in [5.74, 6) is 2.34. The molecular formula is C33H33Cl3O3. The Labute approximate surface area is 246 Å². The summed E-state index contributed by atoms with van der Waals surface area (Å²) in [6, 6.07) is 22.4. The van der Waals surface area contributed by atoms with Crippen molar-refractivity contribution in [3.05, 3.63) is 121 Å². The van der Waals surface area contributed by atoms with Gasteiger partial charge in [0.25, 0.3) is 0 Å². The van der Waals surface area contributed by atoms with Crippen molar-refractivity contribution in [1.82, 2.24) is 0 Å². The molecule has 0 aliphatic carbocycles. The maximum atomic E-state index is 6.30. The Hall–Kier alpha value is -2.85. The van der Waals surface area contributed by atoms with Gasteiger partial charge in [0.2, 0.25) is 0 Å². The van der Waals surface area contributed by atoms with Crippen molar-refractivity contribution < 1.29 is 14.2 Å². The lowest BCUT2D eigenvalue weighted by atomic mass is 9.84. The Balaban J connectivity index is 1.76. The van der Waals surface area contributed by atoms with Gasteiger partial charge in [-0.15, -0.1) is 0 Å². The fourth-order valence-corrected chi connectivity index (χ4v) is 5.33. The number of ether oxygens (including phenoxy) is 3. The van der Waals surface area contributed by atoms with Gasteiger partial charge in [-0.05, 0) is 125 Å². The van der Waals surface area contributed by atoms with Crippen molar-refractivity contribution >= 4 is 34.8 Å². The van der Waals surface area contributed by atoms with Crippen molar-refractivity contribution in [2.24, 2.45) is 0 Å². The van der Waals surface area contributed by atoms with E-state index in [4.69, 9.17) is 49.0 Å². The van der Waals surface area contributed by atoms with Crippen LogP contribution >= 0.6 is 34.8 Å². The van der Waals surface area contributed by atoms with E-state index in [1.807, 2.05) is 72.8 Å². The summed E-state index contributed by atoms with van der Waals surface area (Å²) in [5, 5.41) is 2.05. The zero-order valence-electron chi connectivity index (χ0n) is 22.5. The Morgan fingerprint density at radius 2 is 0.615 bits per heavy atom. The van der Waals surface area contributed by atoms with Crippen molar-refractivity contribution in [3.8, 4) is 17.2 Å². The van der Waals surface area contributed by atoms with Gasteiger partial charge in [-0.3, -0.25) is 0 Å². The average Bonchev–Trinajstić information content (AvgIpc) is 2.95. The quantitative estimate of drug-likeness (QED) is 0.166. The predicted molar refractivity (Wildman–Crippen MR) is 162 cm³/mol. The minimum absolute atomic E-state index is 0.444. The van der Waals surface area contributed by atoms with E-state index in [2.05, 4.69) is 20.8 Å². The van der Waals surface area contributed by atoms with E-state index in [9.17, 15) is 0 Å². The number of hydrogen-bond acceptors (Lipinski definition) is 3. The minimum atomic E-state index is 0.444. The summed E-state index contributed by atoms with van der Waals surface area (Å²) < 4.78 is 18.9. The summed E-state index contributed by atoms with van der Waals surface area (Å²) in [5.41, 5.74) is 7.37. The van der Waals surface area contributed by atoms with E-state index in [0.717, 1.165) is 36.5 Å². The topological polar surface area (TPSA) is 27.7 Å². The summed E-state index contributed by atoms with van der Waals surface area (Å²) >= 11 is 18.3. The van der Waals surface area contributed by atoms with Crippen LogP contribution in [0.5, 0.6) is 17.2 Å². The van der Waals surface area contributed by atoms with Crippen LogP contribution < -0.4 is 14.2 Å². The molecule has 0 bridgehead atoms. The van der Waals surface area contributed by atoms with E-state index in [-0.39, 0.29) is 0 Å². The molecule has 204 valence electrons. The molecule has 4 aromatic rings. The first-order valence-corrected chi connectivity index (χ1v) is 14.4. The van der Waals surface area contributed by atoms with Crippen LogP contribution in [-0.2, 0) is 39.1 Å². The normalized spacial score (nSPS) is 10.9. The second-order valence-corrected chi connectivity index (χ2v) is 10.5. The van der Waals surface area contributed by atoms with Gasteiger partial charge in [-0.1, -0.05) is 55.6 Å². The number of rotatable bonds is 12. The average molecular weight is 584 g/mol. The van der Waals surface area contributed by atoms with Crippen LogP contribution in [0, 0.1) is 0 Å². The van der Waals surface area contributed by atoms with Crippen LogP contribution in [0.2, 0.25) is 15.1 Å². The number of halogens is 3. The van der Waals surface area contributed by atoms with Crippen LogP contribution in [0.3, 0.4) is 0 Å². The molecule has 0 aliphatic heterocycles. The van der Waals surface area contributed by atoms with Gasteiger partial charge in [-0.2, -0.15) is 0 Å². The maximum Gasteiger partial charge on any atom is 0.119 e. The van der Waals surface area contributed by atoms with Crippen molar-refractivity contribution in [1.29, 1.82) is 0 Å². The van der Waals surface area contributed by atoms with Crippen LogP contribution in [0.25, 0.3) is 0 Å². The molecule has 0 spiro atoms. The van der Waals surface area contributed by atoms with Gasteiger partial charge in [0.1, 0.15) is 37.1 Å². The highest BCUT2D eigenvalue weighted by molar-refractivity contribution is 6.31. The molecule has 0 unspecified atom stereocenters. The van der Waals surface area contributed by atoms with E-state index >= 15 is 0 Å². The van der Waals surface area contributed by atoms with Gasteiger partial charge in [0.15, 0.2) is 0 Å². The summed E-state index contributed by atoms with van der Waals surface area (Å²) in [6.07, 6.45) is 2.57. The highest BCUT2D eigenvalue weighted by atomic mass is 35.5. The predicted octanol–water partition coefficient (Wildman–Crippen LogP) is 10.1. The lowest BCUT2D eigenvalue weighted by Gasteiger charge is -2.26. The minimum Gasteiger partial charge on any atom is -0.489 e. The molecule has 0 fully saturated rings. The van der Waals surface area contributed by atoms with Crippen molar-refractivity contribution in [2.45, 2.75) is 59.9 Å². The molecule has 39 heavy (non-hydrogen) atoms. The van der Waals surface area contributed by atoms with Crippen LogP contribution in [-0.4, -0.2) is 0 Å². The number of hydrogen-bond donors (Lipinski definition) is 0. The fraction of sp³-hybridized carbons (Fsp3) is 0.273. The lowest BCUT2D eigenvalue weighted by molar-refractivity contribution is 0.288. The zero-order valence-corrected chi connectivity index (χ0v) is 24.8. The molecule has 0 radical (unpaired) electrons. The molecule has 0 heterocycles. The monoisotopic (exact) mass is 582 g/mol. The summed E-state index contributed by atoms with van der Waals surface area (Å²) in [4.78, 5) is 0. The Morgan fingerprint density at radius 3 is 0.821 bits per heavy atom. The fourth-order valence-electron chi connectivity index (χ4n) is 4.95. The highest BCUT2D eigenvalue weighted by Gasteiger charge is 2.23. The Morgan fingerprint density at radius 1 is 0.385 bits per heavy atom.